The lowest BCUT2D eigenvalue weighted by Crippen LogP contribution is -2.03. The molecule has 0 unspecified atom stereocenters. The van der Waals surface area contributed by atoms with E-state index in [1.807, 2.05) is 54.6 Å². The van der Waals surface area contributed by atoms with Crippen molar-refractivity contribution in [2.75, 3.05) is 6.61 Å². The van der Waals surface area contributed by atoms with Crippen LogP contribution in [0.1, 0.15) is 30.0 Å². The Labute approximate surface area is 154 Å². The van der Waals surface area contributed by atoms with Crippen molar-refractivity contribution in [3.8, 4) is 0 Å². The van der Waals surface area contributed by atoms with Crippen molar-refractivity contribution in [2.24, 2.45) is 0 Å². The largest absolute Gasteiger partial charge is 0.466 e. The molecule has 0 N–H and O–H groups in total. The number of esters is 1. The van der Waals surface area contributed by atoms with Gasteiger partial charge < -0.3 is 4.74 Å². The molecule has 2 nitrogen and oxygen atoms in total. The van der Waals surface area contributed by atoms with Crippen LogP contribution in [0.3, 0.4) is 0 Å². The third-order valence-corrected chi connectivity index (χ3v) is 4.21. The molecule has 0 heterocycles. The van der Waals surface area contributed by atoms with Crippen molar-refractivity contribution in [1.29, 1.82) is 0 Å². The summed E-state index contributed by atoms with van der Waals surface area (Å²) in [7, 11) is 0. The van der Waals surface area contributed by atoms with Crippen LogP contribution in [0.2, 0.25) is 0 Å². The van der Waals surface area contributed by atoms with E-state index < -0.39 is 0 Å². The number of hydrogen-bond acceptors (Lipinski definition) is 2. The average molecular weight is 342 g/mol. The monoisotopic (exact) mass is 342 g/mol. The molecular formula is C24H22O2. The van der Waals surface area contributed by atoms with Crippen LogP contribution in [0.4, 0.5) is 0 Å². The van der Waals surface area contributed by atoms with Crippen LogP contribution in [0.15, 0.2) is 91.0 Å². The average Bonchev–Trinajstić information content (AvgIpc) is 2.69. The Balaban J connectivity index is 2.17. The van der Waals surface area contributed by atoms with E-state index in [-0.39, 0.29) is 5.97 Å². The summed E-state index contributed by atoms with van der Waals surface area (Å²) in [6.07, 6.45) is 0.655. The SMILES string of the molecule is CC(=O)OCCC(=C(c1ccccc1)c1ccccc1)c1ccccc1. The van der Waals surface area contributed by atoms with Crippen LogP contribution in [0, 0.1) is 0 Å². The fourth-order valence-corrected chi connectivity index (χ4v) is 3.07. The highest BCUT2D eigenvalue weighted by Gasteiger charge is 2.14. The van der Waals surface area contributed by atoms with Crippen molar-refractivity contribution in [3.05, 3.63) is 108 Å². The van der Waals surface area contributed by atoms with Crippen molar-refractivity contribution < 1.29 is 9.53 Å². The minimum atomic E-state index is -0.251. The molecule has 26 heavy (non-hydrogen) atoms. The second-order valence-corrected chi connectivity index (χ2v) is 6.04. The standard InChI is InChI=1S/C24H22O2/c1-19(25)26-18-17-23(20-11-5-2-6-12-20)24(21-13-7-3-8-14-21)22-15-9-4-10-16-22/h2-16H,17-18H2,1H3. The van der Waals surface area contributed by atoms with Crippen molar-refractivity contribution in [1.82, 2.24) is 0 Å². The highest BCUT2D eigenvalue weighted by molar-refractivity contribution is 5.98. The molecule has 3 aromatic carbocycles. The van der Waals surface area contributed by atoms with Gasteiger partial charge in [0.25, 0.3) is 0 Å². The predicted molar refractivity (Wildman–Crippen MR) is 106 cm³/mol. The van der Waals surface area contributed by atoms with Crippen LogP contribution in [0.25, 0.3) is 11.1 Å². The summed E-state index contributed by atoms with van der Waals surface area (Å²) < 4.78 is 5.24. The quantitative estimate of drug-likeness (QED) is 0.430. The number of carbonyl (C=O) groups is 1. The topological polar surface area (TPSA) is 26.3 Å². The lowest BCUT2D eigenvalue weighted by atomic mass is 9.88. The van der Waals surface area contributed by atoms with Gasteiger partial charge in [-0.1, -0.05) is 91.0 Å². The summed E-state index contributed by atoms with van der Waals surface area (Å²) >= 11 is 0. The molecule has 0 saturated heterocycles. The van der Waals surface area contributed by atoms with E-state index in [2.05, 4.69) is 36.4 Å². The molecule has 3 aromatic rings. The molecule has 130 valence electrons. The second kappa shape index (κ2) is 8.82. The van der Waals surface area contributed by atoms with Gasteiger partial charge in [0.05, 0.1) is 6.61 Å². The van der Waals surface area contributed by atoms with E-state index in [0.29, 0.717) is 13.0 Å². The Kier molecular flexibility index (Phi) is 6.00. The maximum atomic E-state index is 11.2. The molecule has 0 radical (unpaired) electrons. The molecule has 0 bridgehead atoms. The molecule has 0 aliphatic carbocycles. The number of ether oxygens (including phenoxy) is 1. The minimum Gasteiger partial charge on any atom is -0.466 e. The number of carbonyl (C=O) groups excluding carboxylic acids is 1. The van der Waals surface area contributed by atoms with Crippen molar-refractivity contribution in [2.45, 2.75) is 13.3 Å². The fraction of sp³-hybridized carbons (Fsp3) is 0.125. The maximum absolute atomic E-state index is 11.2. The van der Waals surface area contributed by atoms with Crippen molar-refractivity contribution >= 4 is 17.1 Å². The summed E-state index contributed by atoms with van der Waals surface area (Å²) in [6.45, 7) is 1.81. The molecule has 2 heteroatoms. The smallest absolute Gasteiger partial charge is 0.302 e. The Morgan fingerprint density at radius 3 is 1.54 bits per heavy atom. The van der Waals surface area contributed by atoms with Gasteiger partial charge in [-0.25, -0.2) is 0 Å². The zero-order valence-electron chi connectivity index (χ0n) is 14.9. The van der Waals surface area contributed by atoms with E-state index in [4.69, 9.17) is 4.74 Å². The Morgan fingerprint density at radius 2 is 1.12 bits per heavy atom. The van der Waals surface area contributed by atoms with Crippen LogP contribution >= 0.6 is 0 Å². The van der Waals surface area contributed by atoms with Gasteiger partial charge in [0.1, 0.15) is 0 Å². The fourth-order valence-electron chi connectivity index (χ4n) is 3.07. The predicted octanol–water partition coefficient (Wildman–Crippen LogP) is 5.60. The summed E-state index contributed by atoms with van der Waals surface area (Å²) in [5, 5.41) is 0. The lowest BCUT2D eigenvalue weighted by Gasteiger charge is -2.17. The van der Waals surface area contributed by atoms with Gasteiger partial charge in [-0.2, -0.15) is 0 Å². The number of rotatable bonds is 6. The molecule has 0 aromatic heterocycles. The third kappa shape index (κ3) is 4.48. The number of benzene rings is 3. The van der Waals surface area contributed by atoms with Gasteiger partial charge in [-0.05, 0) is 27.8 Å². The van der Waals surface area contributed by atoms with Gasteiger partial charge in [0.2, 0.25) is 0 Å². The molecule has 0 atom stereocenters. The molecule has 0 saturated carbocycles. The first-order valence-electron chi connectivity index (χ1n) is 8.78. The first-order valence-corrected chi connectivity index (χ1v) is 8.78. The van der Waals surface area contributed by atoms with Gasteiger partial charge in [-0.15, -0.1) is 0 Å². The summed E-state index contributed by atoms with van der Waals surface area (Å²) in [6, 6.07) is 31.0. The Hall–Kier alpha value is -3.13. The van der Waals surface area contributed by atoms with E-state index in [1.54, 1.807) is 0 Å². The molecule has 0 spiro atoms. The molecule has 0 amide bonds. The van der Waals surface area contributed by atoms with Gasteiger partial charge in [0, 0.05) is 13.3 Å². The Morgan fingerprint density at radius 1 is 0.692 bits per heavy atom. The van der Waals surface area contributed by atoms with Gasteiger partial charge in [0.15, 0.2) is 0 Å². The normalized spacial score (nSPS) is 10.2. The van der Waals surface area contributed by atoms with Crippen molar-refractivity contribution in [3.63, 3.8) is 0 Å². The lowest BCUT2D eigenvalue weighted by molar-refractivity contribution is -0.140. The van der Waals surface area contributed by atoms with Crippen LogP contribution < -0.4 is 0 Å². The first kappa shape index (κ1) is 17.7. The van der Waals surface area contributed by atoms with Crippen LogP contribution in [-0.4, -0.2) is 12.6 Å². The number of hydrogen-bond donors (Lipinski definition) is 0. The van der Waals surface area contributed by atoms with Gasteiger partial charge in [-0.3, -0.25) is 4.79 Å². The highest BCUT2D eigenvalue weighted by Crippen LogP contribution is 2.34. The molecule has 3 rings (SSSR count). The first-order chi connectivity index (χ1) is 12.8. The summed E-state index contributed by atoms with van der Waals surface area (Å²) in [5.74, 6) is -0.251. The molecular weight excluding hydrogens is 320 g/mol. The van der Waals surface area contributed by atoms with E-state index in [9.17, 15) is 4.79 Å². The molecule has 0 aliphatic rings. The summed E-state index contributed by atoms with van der Waals surface area (Å²) in [4.78, 5) is 11.2. The van der Waals surface area contributed by atoms with Gasteiger partial charge >= 0.3 is 5.97 Å². The van der Waals surface area contributed by atoms with E-state index in [0.717, 1.165) is 16.7 Å². The molecule has 0 aliphatic heterocycles. The van der Waals surface area contributed by atoms with E-state index >= 15 is 0 Å². The van der Waals surface area contributed by atoms with Crippen LogP contribution in [-0.2, 0) is 9.53 Å². The van der Waals surface area contributed by atoms with Crippen LogP contribution in [0.5, 0.6) is 0 Å². The maximum Gasteiger partial charge on any atom is 0.302 e. The second-order valence-electron chi connectivity index (χ2n) is 6.04. The minimum absolute atomic E-state index is 0.251. The third-order valence-electron chi connectivity index (χ3n) is 4.21. The molecule has 0 fully saturated rings. The zero-order chi connectivity index (χ0) is 18.2. The zero-order valence-corrected chi connectivity index (χ0v) is 14.9. The highest BCUT2D eigenvalue weighted by atomic mass is 16.5. The summed E-state index contributed by atoms with van der Waals surface area (Å²) in [5.41, 5.74) is 5.79. The van der Waals surface area contributed by atoms with E-state index in [1.165, 1.54) is 18.1 Å². The Bertz CT molecular complexity index is 824.